The molecule has 19 heteroatoms. The Hall–Kier alpha value is -1.94. The molecule has 0 saturated heterocycles. The summed E-state index contributed by atoms with van der Waals surface area (Å²) < 4.78 is 68.3. The van der Waals surface area contributed by atoms with E-state index in [0.717, 1.165) is 126 Å². The van der Waals surface area contributed by atoms with Crippen LogP contribution in [-0.2, 0) is 65.4 Å². The first-order chi connectivity index (χ1) is 43.2. The maximum atomic E-state index is 13.0. The van der Waals surface area contributed by atoms with Gasteiger partial charge in [-0.2, -0.15) is 0 Å². The molecular formula is C71H138O17P2. The summed E-state index contributed by atoms with van der Waals surface area (Å²) in [6.45, 7) is 14.1. The van der Waals surface area contributed by atoms with Crippen molar-refractivity contribution in [3.8, 4) is 0 Å². The summed E-state index contributed by atoms with van der Waals surface area (Å²) >= 11 is 0. The lowest BCUT2D eigenvalue weighted by Crippen LogP contribution is -2.30. The number of phosphoric ester groups is 2. The minimum atomic E-state index is -4.95. The fourth-order valence-electron chi connectivity index (χ4n) is 10.6. The van der Waals surface area contributed by atoms with Crippen LogP contribution in [0.5, 0.6) is 0 Å². The fraction of sp³-hybridized carbons (Fsp3) is 0.944. The summed E-state index contributed by atoms with van der Waals surface area (Å²) in [5, 5.41) is 10.6. The number of unbranched alkanes of at least 4 members (excludes halogenated alkanes) is 31. The molecule has 0 bridgehead atoms. The number of aliphatic hydroxyl groups excluding tert-OH is 1. The van der Waals surface area contributed by atoms with Gasteiger partial charge >= 0.3 is 39.5 Å². The van der Waals surface area contributed by atoms with Gasteiger partial charge in [0.25, 0.3) is 0 Å². The lowest BCUT2D eigenvalue weighted by atomic mass is 9.99. The number of rotatable bonds is 68. The highest BCUT2D eigenvalue weighted by Crippen LogP contribution is 2.45. The smallest absolute Gasteiger partial charge is 0.462 e. The maximum absolute atomic E-state index is 13.0. The van der Waals surface area contributed by atoms with Crippen LogP contribution in [0, 0.1) is 23.7 Å². The maximum Gasteiger partial charge on any atom is 0.472 e. The Labute approximate surface area is 549 Å². The Morgan fingerprint density at radius 3 is 0.789 bits per heavy atom. The van der Waals surface area contributed by atoms with Crippen molar-refractivity contribution >= 4 is 39.5 Å². The molecule has 17 nitrogen and oxygen atoms in total. The molecule has 0 radical (unpaired) electrons. The molecule has 90 heavy (non-hydrogen) atoms. The number of hydrogen-bond acceptors (Lipinski definition) is 15. The summed E-state index contributed by atoms with van der Waals surface area (Å²) in [5.74, 6) is 0.921. The predicted molar refractivity (Wildman–Crippen MR) is 363 cm³/mol. The minimum Gasteiger partial charge on any atom is -0.462 e. The molecule has 0 spiro atoms. The molecular weight excluding hydrogens is 1190 g/mol. The minimum absolute atomic E-state index is 0.105. The van der Waals surface area contributed by atoms with Crippen molar-refractivity contribution in [1.82, 2.24) is 0 Å². The molecule has 0 heterocycles. The summed E-state index contributed by atoms with van der Waals surface area (Å²) in [6.07, 6.45) is 43.0. The van der Waals surface area contributed by atoms with Crippen LogP contribution in [-0.4, -0.2) is 96.7 Å². The fourth-order valence-corrected chi connectivity index (χ4v) is 12.1. The van der Waals surface area contributed by atoms with Crippen LogP contribution < -0.4 is 0 Å². The number of phosphoric acid groups is 2. The largest absolute Gasteiger partial charge is 0.472 e. The third-order valence-electron chi connectivity index (χ3n) is 17.4. The van der Waals surface area contributed by atoms with Gasteiger partial charge < -0.3 is 33.8 Å². The summed E-state index contributed by atoms with van der Waals surface area (Å²) in [5.41, 5.74) is 0. The molecule has 534 valence electrons. The summed E-state index contributed by atoms with van der Waals surface area (Å²) in [4.78, 5) is 72.6. The van der Waals surface area contributed by atoms with E-state index < -0.39 is 97.5 Å². The van der Waals surface area contributed by atoms with Gasteiger partial charge in [-0.15, -0.1) is 0 Å². The van der Waals surface area contributed by atoms with Crippen molar-refractivity contribution in [2.75, 3.05) is 39.6 Å². The van der Waals surface area contributed by atoms with Crippen molar-refractivity contribution in [1.29, 1.82) is 0 Å². The Morgan fingerprint density at radius 2 is 0.533 bits per heavy atom. The summed E-state index contributed by atoms with van der Waals surface area (Å²) in [7, 11) is -9.91. The first-order valence-electron chi connectivity index (χ1n) is 36.8. The van der Waals surface area contributed by atoms with Crippen LogP contribution in [0.1, 0.15) is 351 Å². The standard InChI is InChI=1S/C71H138O17P2/c1-9-62(6)48-40-32-24-20-17-18-22-26-38-46-54-71(76)88-67(58-82-69(74)52-44-36-30-28-34-42-50-64(8)11-3)60-86-90(79,80)84-56-65(72)55-83-89(77,78)85-59-66(57-81-68(73)51-43-35-29-27-33-41-49-63(7)10-2)87-70(75)53-45-37-25-21-16-14-12-13-15-19-23-31-39-47-61(4)5/h61-67,72H,9-60H2,1-8H3,(H,77,78)(H,79,80)/t62?,63?,64?,65-,66+,67+/m0/s1. The molecule has 0 fully saturated rings. The molecule has 0 aromatic rings. The van der Waals surface area contributed by atoms with Gasteiger partial charge in [0, 0.05) is 25.7 Å². The van der Waals surface area contributed by atoms with Gasteiger partial charge in [-0.1, -0.05) is 299 Å². The molecule has 8 atom stereocenters. The van der Waals surface area contributed by atoms with Crippen LogP contribution in [0.25, 0.3) is 0 Å². The number of esters is 4. The highest BCUT2D eigenvalue weighted by atomic mass is 31.2. The zero-order chi connectivity index (χ0) is 66.8. The van der Waals surface area contributed by atoms with E-state index >= 15 is 0 Å². The second-order valence-electron chi connectivity index (χ2n) is 26.8. The third-order valence-corrected chi connectivity index (χ3v) is 19.3. The van der Waals surface area contributed by atoms with Gasteiger partial charge in [0.1, 0.15) is 19.3 Å². The first-order valence-corrected chi connectivity index (χ1v) is 39.8. The lowest BCUT2D eigenvalue weighted by molar-refractivity contribution is -0.161. The molecule has 3 N–H and O–H groups in total. The predicted octanol–water partition coefficient (Wildman–Crippen LogP) is 20.1. The lowest BCUT2D eigenvalue weighted by Gasteiger charge is -2.21. The van der Waals surface area contributed by atoms with E-state index in [1.54, 1.807) is 0 Å². The quantitative estimate of drug-likeness (QED) is 0.0222. The Kier molecular flexibility index (Phi) is 59.4. The van der Waals surface area contributed by atoms with Crippen LogP contribution >= 0.6 is 15.6 Å². The van der Waals surface area contributed by atoms with Gasteiger partial charge in [-0.3, -0.25) is 37.3 Å². The van der Waals surface area contributed by atoms with Crippen LogP contribution in [0.4, 0.5) is 0 Å². The Balaban J connectivity index is 5.25. The average Bonchev–Trinajstić information content (AvgIpc) is 3.07. The highest BCUT2D eigenvalue weighted by Gasteiger charge is 2.30. The van der Waals surface area contributed by atoms with Crippen LogP contribution in [0.15, 0.2) is 0 Å². The number of ether oxygens (including phenoxy) is 4. The first kappa shape index (κ1) is 88.1. The van der Waals surface area contributed by atoms with Crippen molar-refractivity contribution in [3.63, 3.8) is 0 Å². The Bertz CT molecular complexity index is 1790. The number of hydrogen-bond donors (Lipinski definition) is 3. The second-order valence-corrected chi connectivity index (χ2v) is 29.7. The second kappa shape index (κ2) is 60.7. The van der Waals surface area contributed by atoms with Gasteiger partial charge in [-0.05, 0) is 49.4 Å². The molecule has 0 aliphatic carbocycles. The van der Waals surface area contributed by atoms with E-state index in [9.17, 15) is 43.2 Å². The third kappa shape index (κ3) is 61.0. The highest BCUT2D eigenvalue weighted by molar-refractivity contribution is 7.47. The van der Waals surface area contributed by atoms with Crippen LogP contribution in [0.3, 0.4) is 0 Å². The van der Waals surface area contributed by atoms with E-state index in [1.165, 1.54) is 141 Å². The molecule has 0 aromatic heterocycles. The molecule has 0 saturated carbocycles. The van der Waals surface area contributed by atoms with Gasteiger partial charge in [0.2, 0.25) is 0 Å². The monoisotopic (exact) mass is 1320 g/mol. The van der Waals surface area contributed by atoms with E-state index in [4.69, 9.17) is 37.0 Å². The van der Waals surface area contributed by atoms with Gasteiger partial charge in [-0.25, -0.2) is 9.13 Å². The normalized spacial score (nSPS) is 15.2. The zero-order valence-corrected chi connectivity index (χ0v) is 60.6. The van der Waals surface area contributed by atoms with Gasteiger partial charge in [0.15, 0.2) is 12.2 Å². The zero-order valence-electron chi connectivity index (χ0n) is 58.8. The van der Waals surface area contributed by atoms with Crippen LogP contribution in [0.2, 0.25) is 0 Å². The topological polar surface area (TPSA) is 237 Å². The van der Waals surface area contributed by atoms with Crippen molar-refractivity contribution in [3.05, 3.63) is 0 Å². The number of carbonyl (C=O) groups excluding carboxylic acids is 4. The van der Waals surface area contributed by atoms with E-state index in [0.29, 0.717) is 25.7 Å². The van der Waals surface area contributed by atoms with Crippen molar-refractivity contribution in [2.45, 2.75) is 369 Å². The number of aliphatic hydroxyl groups is 1. The molecule has 0 rings (SSSR count). The average molecular weight is 1330 g/mol. The van der Waals surface area contributed by atoms with Gasteiger partial charge in [0.05, 0.1) is 26.4 Å². The molecule has 0 aliphatic heterocycles. The molecule has 0 amide bonds. The van der Waals surface area contributed by atoms with E-state index in [2.05, 4.69) is 55.4 Å². The molecule has 0 aromatic carbocycles. The SMILES string of the molecule is CCC(C)CCCCCCCCCCCCC(=O)O[C@H](COC(=O)CCCCCCCCC(C)CC)COP(=O)(O)OC[C@@H](O)COP(=O)(O)OC[C@@H](COC(=O)CCCCCCCCC(C)CC)OC(=O)CCCCCCCCCCCCCCCC(C)C. The number of carbonyl (C=O) groups is 4. The van der Waals surface area contributed by atoms with Crippen molar-refractivity contribution in [2.24, 2.45) is 23.7 Å². The van der Waals surface area contributed by atoms with Crippen molar-refractivity contribution < 1.29 is 80.2 Å². The van der Waals surface area contributed by atoms with E-state index in [1.807, 2.05) is 0 Å². The molecule has 0 aliphatic rings. The summed E-state index contributed by atoms with van der Waals surface area (Å²) in [6, 6.07) is 0. The Morgan fingerprint density at radius 1 is 0.311 bits per heavy atom. The molecule has 5 unspecified atom stereocenters. The van der Waals surface area contributed by atoms with E-state index in [-0.39, 0.29) is 25.7 Å².